The minimum absolute atomic E-state index is 0.0322. The molecule has 0 fully saturated rings. The number of carbonyl (C=O) groups is 1. The summed E-state index contributed by atoms with van der Waals surface area (Å²) in [6.45, 7) is 0.176. The molecule has 33 heavy (non-hydrogen) atoms. The molecule has 0 aliphatic carbocycles. The van der Waals surface area contributed by atoms with Crippen LogP contribution in [0.2, 0.25) is 0 Å². The standard InChI is InChI=1S/C20H15F4N3O5S/c1-31-19(28)12-5-7-14-15(9-12)25-17(18(26-14)32-33(29,30)20(22,23)24)27-8-2-3-11-4-6-13(21)10-16(11)27/h4-7,9-10H,2-3,8H2,1H3. The first-order valence-electron chi connectivity index (χ1n) is 9.47. The summed E-state index contributed by atoms with van der Waals surface area (Å²) >= 11 is 0. The van der Waals surface area contributed by atoms with E-state index < -0.39 is 33.3 Å². The normalized spacial score (nSPS) is 14.2. The number of ether oxygens (including phenoxy) is 1. The topological polar surface area (TPSA) is 98.7 Å². The Hall–Kier alpha value is -3.48. The van der Waals surface area contributed by atoms with Gasteiger partial charge in [0.1, 0.15) is 5.82 Å². The van der Waals surface area contributed by atoms with Gasteiger partial charge in [-0.1, -0.05) is 6.07 Å². The number of esters is 1. The van der Waals surface area contributed by atoms with E-state index in [2.05, 4.69) is 18.9 Å². The molecule has 0 radical (unpaired) electrons. The molecule has 0 N–H and O–H groups in total. The fraction of sp³-hybridized carbons (Fsp3) is 0.250. The second kappa shape index (κ2) is 8.14. The van der Waals surface area contributed by atoms with Crippen LogP contribution in [-0.2, 0) is 21.3 Å². The summed E-state index contributed by atoms with van der Waals surface area (Å²) in [6.07, 6.45) is 1.09. The number of alkyl halides is 3. The van der Waals surface area contributed by atoms with Gasteiger partial charge in [-0.25, -0.2) is 19.2 Å². The van der Waals surface area contributed by atoms with Gasteiger partial charge in [0, 0.05) is 12.2 Å². The summed E-state index contributed by atoms with van der Waals surface area (Å²) in [6, 6.07) is 7.75. The molecule has 3 aromatic rings. The SMILES string of the molecule is COC(=O)c1ccc2nc(OS(=O)(=O)C(F)(F)F)c(N3CCCc4ccc(F)cc43)nc2c1. The molecule has 0 atom stereocenters. The summed E-state index contributed by atoms with van der Waals surface area (Å²) in [5.41, 5.74) is -4.62. The van der Waals surface area contributed by atoms with Gasteiger partial charge in [0.15, 0.2) is 5.82 Å². The van der Waals surface area contributed by atoms with Crippen LogP contribution in [0, 0.1) is 5.82 Å². The average molecular weight is 485 g/mol. The molecular weight excluding hydrogens is 470 g/mol. The molecule has 0 unspecified atom stereocenters. The number of hydrogen-bond donors (Lipinski definition) is 0. The molecule has 174 valence electrons. The number of fused-ring (bicyclic) bond motifs is 2. The highest BCUT2D eigenvalue weighted by molar-refractivity contribution is 7.88. The van der Waals surface area contributed by atoms with Crippen molar-refractivity contribution in [2.45, 2.75) is 18.3 Å². The van der Waals surface area contributed by atoms with Gasteiger partial charge in [0.2, 0.25) is 0 Å². The number of rotatable bonds is 4. The van der Waals surface area contributed by atoms with Gasteiger partial charge in [0.25, 0.3) is 5.88 Å². The quantitative estimate of drug-likeness (QED) is 0.238. The van der Waals surface area contributed by atoms with Crippen LogP contribution in [0.4, 0.5) is 29.1 Å². The Morgan fingerprint density at radius 1 is 1.09 bits per heavy atom. The van der Waals surface area contributed by atoms with Gasteiger partial charge in [-0.2, -0.15) is 21.6 Å². The number of halogens is 4. The molecule has 2 heterocycles. The highest BCUT2D eigenvalue weighted by Gasteiger charge is 2.49. The Morgan fingerprint density at radius 2 is 1.85 bits per heavy atom. The van der Waals surface area contributed by atoms with Gasteiger partial charge < -0.3 is 13.8 Å². The van der Waals surface area contributed by atoms with E-state index in [1.165, 1.54) is 42.3 Å². The lowest BCUT2D eigenvalue weighted by Crippen LogP contribution is -2.31. The number of hydrogen-bond acceptors (Lipinski definition) is 8. The Balaban J connectivity index is 1.94. The third kappa shape index (κ3) is 4.27. The Labute approximate surface area is 184 Å². The average Bonchev–Trinajstić information content (AvgIpc) is 2.76. The van der Waals surface area contributed by atoms with Crippen molar-refractivity contribution in [1.82, 2.24) is 9.97 Å². The molecule has 0 saturated heterocycles. The lowest BCUT2D eigenvalue weighted by Gasteiger charge is -2.31. The van der Waals surface area contributed by atoms with Crippen LogP contribution < -0.4 is 9.08 Å². The van der Waals surface area contributed by atoms with Crippen LogP contribution in [0.15, 0.2) is 36.4 Å². The fourth-order valence-electron chi connectivity index (χ4n) is 3.42. The second-order valence-corrected chi connectivity index (χ2v) is 8.60. The molecule has 0 amide bonds. The van der Waals surface area contributed by atoms with E-state index in [1.54, 1.807) is 0 Å². The van der Waals surface area contributed by atoms with E-state index in [4.69, 9.17) is 0 Å². The van der Waals surface area contributed by atoms with Crippen LogP contribution in [-0.4, -0.2) is 43.5 Å². The van der Waals surface area contributed by atoms with E-state index >= 15 is 0 Å². The van der Waals surface area contributed by atoms with Crippen LogP contribution in [0.3, 0.4) is 0 Å². The van der Waals surface area contributed by atoms with Crippen molar-refractivity contribution in [2.75, 3.05) is 18.6 Å². The molecule has 1 aromatic heterocycles. The maximum absolute atomic E-state index is 14.0. The first kappa shape index (κ1) is 22.7. The van der Waals surface area contributed by atoms with Crippen LogP contribution in [0.25, 0.3) is 11.0 Å². The van der Waals surface area contributed by atoms with Crippen molar-refractivity contribution in [2.24, 2.45) is 0 Å². The van der Waals surface area contributed by atoms with Crippen molar-refractivity contribution in [1.29, 1.82) is 0 Å². The predicted molar refractivity (Wildman–Crippen MR) is 108 cm³/mol. The number of benzene rings is 2. The van der Waals surface area contributed by atoms with E-state index in [0.717, 1.165) is 6.07 Å². The second-order valence-electron chi connectivity index (χ2n) is 7.06. The van der Waals surface area contributed by atoms with Gasteiger partial charge >= 0.3 is 21.6 Å². The van der Waals surface area contributed by atoms with E-state index in [1.807, 2.05) is 0 Å². The summed E-state index contributed by atoms with van der Waals surface area (Å²) in [5, 5.41) is 0. The Kier molecular flexibility index (Phi) is 5.60. The third-order valence-electron chi connectivity index (χ3n) is 4.93. The number of carbonyl (C=O) groups excluding carboxylic acids is 1. The maximum atomic E-state index is 14.0. The summed E-state index contributed by atoms with van der Waals surface area (Å²) in [4.78, 5) is 21.4. The lowest BCUT2D eigenvalue weighted by atomic mass is 10.0. The molecule has 0 bridgehead atoms. The van der Waals surface area contributed by atoms with Gasteiger partial charge in [0.05, 0.1) is 23.7 Å². The number of anilines is 2. The minimum Gasteiger partial charge on any atom is -0.465 e. The smallest absolute Gasteiger partial charge is 0.465 e. The number of nitrogens with zero attached hydrogens (tertiary/aromatic N) is 3. The van der Waals surface area contributed by atoms with Crippen LogP contribution in [0.5, 0.6) is 5.88 Å². The summed E-state index contributed by atoms with van der Waals surface area (Å²) < 4.78 is 85.4. The van der Waals surface area contributed by atoms with Crippen LogP contribution in [0.1, 0.15) is 22.3 Å². The largest absolute Gasteiger partial charge is 0.534 e. The zero-order chi connectivity index (χ0) is 24.0. The zero-order valence-electron chi connectivity index (χ0n) is 16.9. The monoisotopic (exact) mass is 485 g/mol. The predicted octanol–water partition coefficient (Wildman–Crippen LogP) is 3.87. The molecule has 13 heteroatoms. The molecule has 0 spiro atoms. The molecule has 2 aromatic carbocycles. The number of aryl methyl sites for hydroxylation is 1. The molecule has 1 aliphatic rings. The van der Waals surface area contributed by atoms with E-state index in [-0.39, 0.29) is 34.6 Å². The first-order chi connectivity index (χ1) is 15.5. The van der Waals surface area contributed by atoms with Gasteiger partial charge in [-0.15, -0.1) is 0 Å². The summed E-state index contributed by atoms with van der Waals surface area (Å²) in [5.74, 6) is -2.59. The molecule has 0 saturated carbocycles. The van der Waals surface area contributed by atoms with Gasteiger partial charge in [-0.05, 0) is 48.7 Å². The maximum Gasteiger partial charge on any atom is 0.534 e. The Morgan fingerprint density at radius 3 is 2.55 bits per heavy atom. The van der Waals surface area contributed by atoms with Crippen molar-refractivity contribution in [3.8, 4) is 5.88 Å². The van der Waals surface area contributed by atoms with E-state index in [9.17, 15) is 30.8 Å². The molecule has 1 aliphatic heterocycles. The van der Waals surface area contributed by atoms with Crippen LogP contribution >= 0.6 is 0 Å². The minimum atomic E-state index is -6.07. The zero-order valence-corrected chi connectivity index (χ0v) is 17.7. The molecule has 8 nitrogen and oxygen atoms in total. The van der Waals surface area contributed by atoms with Crippen molar-refractivity contribution >= 4 is 38.6 Å². The molecular formula is C20H15F4N3O5S. The lowest BCUT2D eigenvalue weighted by molar-refractivity contribution is -0.0501. The van der Waals surface area contributed by atoms with Crippen molar-refractivity contribution in [3.05, 3.63) is 53.3 Å². The highest BCUT2D eigenvalue weighted by Crippen LogP contribution is 2.39. The number of aromatic nitrogens is 2. The molecule has 4 rings (SSSR count). The third-order valence-corrected chi connectivity index (χ3v) is 5.87. The summed E-state index contributed by atoms with van der Waals surface area (Å²) in [7, 11) is -4.90. The highest BCUT2D eigenvalue weighted by atomic mass is 32.2. The first-order valence-corrected chi connectivity index (χ1v) is 10.9. The van der Waals surface area contributed by atoms with E-state index in [0.29, 0.717) is 18.4 Å². The number of methoxy groups -OCH3 is 1. The Bertz CT molecular complexity index is 1360. The van der Waals surface area contributed by atoms with Gasteiger partial charge in [-0.3, -0.25) is 0 Å². The van der Waals surface area contributed by atoms with Crippen molar-refractivity contribution < 1.29 is 39.7 Å². The van der Waals surface area contributed by atoms with Crippen molar-refractivity contribution in [3.63, 3.8) is 0 Å². The fourth-order valence-corrected chi connectivity index (χ4v) is 3.84.